The molecule has 0 spiro atoms. The summed E-state index contributed by atoms with van der Waals surface area (Å²) in [7, 11) is 0. The number of likely N-dealkylation sites (tertiary alicyclic amines) is 1. The summed E-state index contributed by atoms with van der Waals surface area (Å²) in [5.74, 6) is -1.25. The average molecular weight is 264 g/mol. The van der Waals surface area contributed by atoms with Crippen molar-refractivity contribution < 1.29 is 19.8 Å². The maximum absolute atomic E-state index is 12.0. The SMILES string of the molecule is O=C(O)c1ccc(O)c(NC(=O)N2CCCCC2)c1. The molecule has 0 unspecified atom stereocenters. The molecule has 6 nitrogen and oxygen atoms in total. The normalized spacial score (nSPS) is 15.1. The fraction of sp³-hybridized carbons (Fsp3) is 0.385. The first kappa shape index (κ1) is 13.2. The van der Waals surface area contributed by atoms with E-state index in [-0.39, 0.29) is 23.0 Å². The number of hydrogen-bond acceptors (Lipinski definition) is 3. The summed E-state index contributed by atoms with van der Waals surface area (Å²) in [5.41, 5.74) is 0.141. The third kappa shape index (κ3) is 3.15. The molecule has 1 aliphatic heterocycles. The Labute approximate surface area is 110 Å². The van der Waals surface area contributed by atoms with Crippen molar-refractivity contribution in [3.63, 3.8) is 0 Å². The number of benzene rings is 1. The third-order valence-electron chi connectivity index (χ3n) is 3.13. The molecule has 1 aromatic carbocycles. The van der Waals surface area contributed by atoms with Gasteiger partial charge >= 0.3 is 12.0 Å². The van der Waals surface area contributed by atoms with Gasteiger partial charge in [-0.1, -0.05) is 0 Å². The number of urea groups is 1. The second-order valence-electron chi connectivity index (χ2n) is 4.51. The molecular weight excluding hydrogens is 248 g/mol. The topological polar surface area (TPSA) is 89.9 Å². The van der Waals surface area contributed by atoms with Gasteiger partial charge < -0.3 is 20.4 Å². The summed E-state index contributed by atoms with van der Waals surface area (Å²) in [6.45, 7) is 1.37. The van der Waals surface area contributed by atoms with Crippen LogP contribution >= 0.6 is 0 Å². The molecule has 0 aromatic heterocycles. The number of aromatic hydroxyl groups is 1. The average Bonchev–Trinajstić information content (AvgIpc) is 2.42. The Bertz CT molecular complexity index is 495. The smallest absolute Gasteiger partial charge is 0.335 e. The highest BCUT2D eigenvalue weighted by Crippen LogP contribution is 2.25. The van der Waals surface area contributed by atoms with Crippen molar-refractivity contribution in [3.8, 4) is 5.75 Å². The predicted molar refractivity (Wildman–Crippen MR) is 69.5 cm³/mol. The fourth-order valence-electron chi connectivity index (χ4n) is 2.06. The molecule has 1 aromatic rings. The minimum Gasteiger partial charge on any atom is -0.506 e. The zero-order chi connectivity index (χ0) is 13.8. The fourth-order valence-corrected chi connectivity index (χ4v) is 2.06. The van der Waals surface area contributed by atoms with Gasteiger partial charge in [0.25, 0.3) is 0 Å². The van der Waals surface area contributed by atoms with Gasteiger partial charge in [0.15, 0.2) is 0 Å². The highest BCUT2D eigenvalue weighted by molar-refractivity contribution is 5.94. The van der Waals surface area contributed by atoms with Crippen molar-refractivity contribution in [3.05, 3.63) is 23.8 Å². The van der Waals surface area contributed by atoms with Gasteiger partial charge in [0.2, 0.25) is 0 Å². The molecule has 2 amide bonds. The summed E-state index contributed by atoms with van der Waals surface area (Å²) in [4.78, 5) is 24.5. The first-order valence-corrected chi connectivity index (χ1v) is 6.20. The molecule has 0 bridgehead atoms. The van der Waals surface area contributed by atoms with Crippen LogP contribution in [-0.2, 0) is 0 Å². The van der Waals surface area contributed by atoms with E-state index in [1.807, 2.05) is 0 Å². The van der Waals surface area contributed by atoms with Crippen LogP contribution in [-0.4, -0.2) is 40.2 Å². The second-order valence-corrected chi connectivity index (χ2v) is 4.51. The van der Waals surface area contributed by atoms with Crippen molar-refractivity contribution >= 4 is 17.7 Å². The maximum Gasteiger partial charge on any atom is 0.335 e. The van der Waals surface area contributed by atoms with Crippen LogP contribution in [0.15, 0.2) is 18.2 Å². The van der Waals surface area contributed by atoms with Crippen LogP contribution in [0, 0.1) is 0 Å². The van der Waals surface area contributed by atoms with E-state index in [1.54, 1.807) is 4.90 Å². The molecule has 0 saturated carbocycles. The van der Waals surface area contributed by atoms with E-state index in [2.05, 4.69) is 5.32 Å². The summed E-state index contributed by atoms with van der Waals surface area (Å²) < 4.78 is 0. The molecule has 2 rings (SSSR count). The molecule has 0 aliphatic carbocycles. The molecule has 3 N–H and O–H groups in total. The summed E-state index contributed by atoms with van der Waals surface area (Å²) >= 11 is 0. The number of piperidine rings is 1. The van der Waals surface area contributed by atoms with Crippen LogP contribution < -0.4 is 5.32 Å². The molecule has 1 fully saturated rings. The number of aromatic carboxylic acids is 1. The van der Waals surface area contributed by atoms with Crippen molar-refractivity contribution in [1.29, 1.82) is 0 Å². The maximum atomic E-state index is 12.0. The van der Waals surface area contributed by atoms with Crippen LogP contribution in [0.2, 0.25) is 0 Å². The van der Waals surface area contributed by atoms with Crippen LogP contribution in [0.4, 0.5) is 10.5 Å². The first-order chi connectivity index (χ1) is 9.08. The van der Waals surface area contributed by atoms with Gasteiger partial charge in [0.1, 0.15) is 5.75 Å². The Morgan fingerprint density at radius 3 is 2.47 bits per heavy atom. The van der Waals surface area contributed by atoms with Gasteiger partial charge in [-0.3, -0.25) is 0 Å². The van der Waals surface area contributed by atoms with Crippen LogP contribution in [0.25, 0.3) is 0 Å². The van der Waals surface area contributed by atoms with Gasteiger partial charge in [0.05, 0.1) is 11.3 Å². The van der Waals surface area contributed by atoms with E-state index in [0.29, 0.717) is 13.1 Å². The van der Waals surface area contributed by atoms with Gasteiger partial charge in [-0.25, -0.2) is 9.59 Å². The lowest BCUT2D eigenvalue weighted by Gasteiger charge is -2.26. The standard InChI is InChI=1S/C13H16N2O4/c16-11-5-4-9(12(17)18)8-10(11)14-13(19)15-6-2-1-3-7-15/h4-5,8,16H,1-3,6-7H2,(H,14,19)(H,17,18). The number of carboxylic acids is 1. The Morgan fingerprint density at radius 1 is 1.16 bits per heavy atom. The lowest BCUT2D eigenvalue weighted by Crippen LogP contribution is -2.38. The number of carbonyl (C=O) groups is 2. The lowest BCUT2D eigenvalue weighted by molar-refractivity contribution is 0.0697. The monoisotopic (exact) mass is 264 g/mol. The molecular formula is C13H16N2O4. The van der Waals surface area contributed by atoms with Crippen molar-refractivity contribution in [2.45, 2.75) is 19.3 Å². The quantitative estimate of drug-likeness (QED) is 0.713. The number of carboxylic acid groups (broad SMARTS) is 1. The van der Waals surface area contributed by atoms with Gasteiger partial charge in [-0.2, -0.15) is 0 Å². The van der Waals surface area contributed by atoms with Gasteiger partial charge in [-0.05, 0) is 37.5 Å². The number of anilines is 1. The molecule has 19 heavy (non-hydrogen) atoms. The number of phenolic OH excluding ortho intramolecular Hbond substituents is 1. The number of rotatable bonds is 2. The Kier molecular flexibility index (Phi) is 3.89. The Balaban J connectivity index is 2.11. The third-order valence-corrected chi connectivity index (χ3v) is 3.13. The van der Waals surface area contributed by atoms with Crippen LogP contribution in [0.3, 0.4) is 0 Å². The number of hydrogen-bond donors (Lipinski definition) is 3. The molecule has 1 aliphatic rings. The minimum absolute atomic E-state index is 0.0201. The number of carbonyl (C=O) groups excluding carboxylic acids is 1. The highest BCUT2D eigenvalue weighted by Gasteiger charge is 2.18. The zero-order valence-electron chi connectivity index (χ0n) is 10.4. The molecule has 1 heterocycles. The molecule has 1 saturated heterocycles. The summed E-state index contributed by atoms with van der Waals surface area (Å²) in [6.07, 6.45) is 3.05. The van der Waals surface area contributed by atoms with Crippen molar-refractivity contribution in [2.75, 3.05) is 18.4 Å². The Morgan fingerprint density at radius 2 is 1.84 bits per heavy atom. The van der Waals surface area contributed by atoms with Crippen LogP contribution in [0.5, 0.6) is 5.75 Å². The van der Waals surface area contributed by atoms with E-state index in [4.69, 9.17) is 5.11 Å². The summed E-state index contributed by atoms with van der Waals surface area (Å²) in [6, 6.07) is 3.49. The van der Waals surface area contributed by atoms with E-state index in [1.165, 1.54) is 18.2 Å². The van der Waals surface area contributed by atoms with E-state index < -0.39 is 5.97 Å². The lowest BCUT2D eigenvalue weighted by atomic mass is 10.1. The number of nitrogens with one attached hydrogen (secondary N) is 1. The highest BCUT2D eigenvalue weighted by atomic mass is 16.4. The summed E-state index contributed by atoms with van der Waals surface area (Å²) in [5, 5.41) is 21.1. The number of nitrogens with zero attached hydrogens (tertiary/aromatic N) is 1. The largest absolute Gasteiger partial charge is 0.506 e. The van der Waals surface area contributed by atoms with E-state index in [0.717, 1.165) is 19.3 Å². The molecule has 0 radical (unpaired) electrons. The second kappa shape index (κ2) is 5.60. The minimum atomic E-state index is -1.10. The van der Waals surface area contributed by atoms with Crippen molar-refractivity contribution in [1.82, 2.24) is 4.90 Å². The molecule has 0 atom stereocenters. The van der Waals surface area contributed by atoms with E-state index >= 15 is 0 Å². The Hall–Kier alpha value is -2.24. The zero-order valence-corrected chi connectivity index (χ0v) is 10.4. The molecule has 6 heteroatoms. The van der Waals surface area contributed by atoms with Gasteiger partial charge in [-0.15, -0.1) is 0 Å². The van der Waals surface area contributed by atoms with Gasteiger partial charge in [0, 0.05) is 13.1 Å². The van der Waals surface area contributed by atoms with Crippen molar-refractivity contribution in [2.24, 2.45) is 0 Å². The number of phenols is 1. The van der Waals surface area contributed by atoms with E-state index in [9.17, 15) is 14.7 Å². The van der Waals surface area contributed by atoms with Crippen LogP contribution in [0.1, 0.15) is 29.6 Å². The number of amides is 2. The predicted octanol–water partition coefficient (Wildman–Crippen LogP) is 2.11. The molecule has 102 valence electrons. The first-order valence-electron chi connectivity index (χ1n) is 6.20.